The van der Waals surface area contributed by atoms with E-state index in [0.29, 0.717) is 11.9 Å². The zero-order valence-corrected chi connectivity index (χ0v) is 11.1. The van der Waals surface area contributed by atoms with Crippen LogP contribution in [-0.2, 0) is 4.79 Å². The Kier molecular flexibility index (Phi) is 4.84. The Bertz CT molecular complexity index is 247. The van der Waals surface area contributed by atoms with Crippen molar-refractivity contribution in [3.8, 4) is 0 Å². The molecule has 0 aromatic carbocycles. The third-order valence-electron chi connectivity index (χ3n) is 4.21. The van der Waals surface area contributed by atoms with Crippen LogP contribution < -0.4 is 5.32 Å². The smallest absolute Gasteiger partial charge is 0.240 e. The van der Waals surface area contributed by atoms with Crippen molar-refractivity contribution in [1.82, 2.24) is 10.2 Å². The molecule has 1 aliphatic carbocycles. The summed E-state index contributed by atoms with van der Waals surface area (Å²) in [5.74, 6) is 0.359. The number of nitrogens with one attached hydrogen (secondary N) is 1. The van der Waals surface area contributed by atoms with Gasteiger partial charge in [-0.05, 0) is 25.8 Å². The molecule has 3 heteroatoms. The maximum Gasteiger partial charge on any atom is 0.240 e. The molecule has 0 aromatic heterocycles. The number of carbonyl (C=O) groups is 1. The molecule has 2 fully saturated rings. The minimum Gasteiger partial charge on any atom is -0.338 e. The van der Waals surface area contributed by atoms with E-state index in [1.165, 1.54) is 44.9 Å². The lowest BCUT2D eigenvalue weighted by atomic mass is 9.96. The van der Waals surface area contributed by atoms with E-state index in [2.05, 4.69) is 17.1 Å². The summed E-state index contributed by atoms with van der Waals surface area (Å²) in [7, 11) is 0. The fourth-order valence-electron chi connectivity index (χ4n) is 3.25. The van der Waals surface area contributed by atoms with E-state index in [0.717, 1.165) is 19.5 Å². The highest BCUT2D eigenvalue weighted by Gasteiger charge is 2.34. The summed E-state index contributed by atoms with van der Waals surface area (Å²) in [5.41, 5.74) is 0. The number of hydrogen-bond acceptors (Lipinski definition) is 2. The van der Waals surface area contributed by atoms with E-state index in [-0.39, 0.29) is 6.04 Å². The summed E-state index contributed by atoms with van der Waals surface area (Å²) >= 11 is 0. The predicted octanol–water partition coefficient (Wildman–Crippen LogP) is 2.31. The third kappa shape index (κ3) is 3.21. The van der Waals surface area contributed by atoms with Crippen molar-refractivity contribution in [3.63, 3.8) is 0 Å². The van der Waals surface area contributed by atoms with Gasteiger partial charge in [0.25, 0.3) is 0 Å². The summed E-state index contributed by atoms with van der Waals surface area (Å²) < 4.78 is 0. The standard InChI is InChI=1S/C14H26N2O/c1-2-15-13-10-11-16(14(13)17)12-8-6-4-3-5-7-9-12/h12-13,15H,2-11H2,1H3. The molecule has 1 N–H and O–H groups in total. The van der Waals surface area contributed by atoms with Crippen LogP contribution in [0.2, 0.25) is 0 Å². The van der Waals surface area contributed by atoms with Gasteiger partial charge in [-0.2, -0.15) is 0 Å². The van der Waals surface area contributed by atoms with Gasteiger partial charge >= 0.3 is 0 Å². The molecular formula is C14H26N2O. The van der Waals surface area contributed by atoms with Gasteiger partial charge in [0.1, 0.15) is 0 Å². The zero-order chi connectivity index (χ0) is 12.1. The van der Waals surface area contributed by atoms with Gasteiger partial charge in [-0.25, -0.2) is 0 Å². The first-order valence-electron chi connectivity index (χ1n) is 7.36. The van der Waals surface area contributed by atoms with Crippen LogP contribution >= 0.6 is 0 Å². The highest BCUT2D eigenvalue weighted by molar-refractivity contribution is 5.84. The topological polar surface area (TPSA) is 32.3 Å². The van der Waals surface area contributed by atoms with Crippen LogP contribution in [0.15, 0.2) is 0 Å². The lowest BCUT2D eigenvalue weighted by molar-refractivity contribution is -0.131. The monoisotopic (exact) mass is 238 g/mol. The van der Waals surface area contributed by atoms with Gasteiger partial charge in [-0.1, -0.05) is 39.0 Å². The average Bonchev–Trinajstić information content (AvgIpc) is 2.62. The Morgan fingerprint density at radius 2 is 1.76 bits per heavy atom. The number of carbonyl (C=O) groups excluding carboxylic acids is 1. The Morgan fingerprint density at radius 1 is 1.12 bits per heavy atom. The minimum absolute atomic E-state index is 0.102. The molecule has 0 aromatic rings. The van der Waals surface area contributed by atoms with Gasteiger partial charge in [-0.15, -0.1) is 0 Å². The first kappa shape index (κ1) is 12.9. The average molecular weight is 238 g/mol. The molecule has 0 radical (unpaired) electrons. The minimum atomic E-state index is 0.102. The van der Waals surface area contributed by atoms with Crippen molar-refractivity contribution in [2.45, 2.75) is 70.4 Å². The highest BCUT2D eigenvalue weighted by Crippen LogP contribution is 2.25. The molecule has 2 aliphatic rings. The van der Waals surface area contributed by atoms with Crippen LogP contribution in [0.5, 0.6) is 0 Å². The second-order valence-electron chi connectivity index (χ2n) is 5.43. The van der Waals surface area contributed by atoms with E-state index in [4.69, 9.17) is 0 Å². The van der Waals surface area contributed by atoms with Crippen LogP contribution in [0, 0.1) is 0 Å². The fourth-order valence-corrected chi connectivity index (χ4v) is 3.25. The largest absolute Gasteiger partial charge is 0.338 e. The molecule has 98 valence electrons. The second kappa shape index (κ2) is 6.39. The van der Waals surface area contributed by atoms with Gasteiger partial charge < -0.3 is 10.2 Å². The number of nitrogens with zero attached hydrogens (tertiary/aromatic N) is 1. The normalized spacial score (nSPS) is 28.2. The van der Waals surface area contributed by atoms with E-state index < -0.39 is 0 Å². The van der Waals surface area contributed by atoms with Crippen molar-refractivity contribution in [2.24, 2.45) is 0 Å². The van der Waals surface area contributed by atoms with E-state index in [9.17, 15) is 4.79 Å². The molecule has 3 nitrogen and oxygen atoms in total. The molecule has 2 rings (SSSR count). The SMILES string of the molecule is CCNC1CCN(C2CCCCCCC2)C1=O. The van der Waals surface area contributed by atoms with Crippen molar-refractivity contribution in [2.75, 3.05) is 13.1 Å². The van der Waals surface area contributed by atoms with Gasteiger partial charge in [0.15, 0.2) is 0 Å². The molecule has 1 atom stereocenters. The van der Waals surface area contributed by atoms with Crippen molar-refractivity contribution >= 4 is 5.91 Å². The van der Waals surface area contributed by atoms with Crippen LogP contribution in [0.4, 0.5) is 0 Å². The predicted molar refractivity (Wildman–Crippen MR) is 69.9 cm³/mol. The maximum absolute atomic E-state index is 12.3. The van der Waals surface area contributed by atoms with Crippen LogP contribution in [0.25, 0.3) is 0 Å². The number of likely N-dealkylation sites (N-methyl/N-ethyl adjacent to an activating group) is 1. The number of rotatable bonds is 3. The van der Waals surface area contributed by atoms with Crippen molar-refractivity contribution in [3.05, 3.63) is 0 Å². The van der Waals surface area contributed by atoms with Gasteiger partial charge in [-0.3, -0.25) is 4.79 Å². The Hall–Kier alpha value is -0.570. The molecular weight excluding hydrogens is 212 g/mol. The zero-order valence-electron chi connectivity index (χ0n) is 11.1. The molecule has 1 saturated heterocycles. The Balaban J connectivity index is 1.90. The third-order valence-corrected chi connectivity index (χ3v) is 4.21. The van der Waals surface area contributed by atoms with Crippen molar-refractivity contribution < 1.29 is 4.79 Å². The summed E-state index contributed by atoms with van der Waals surface area (Å²) in [6.45, 7) is 3.95. The van der Waals surface area contributed by atoms with E-state index in [1.54, 1.807) is 0 Å². The first-order valence-corrected chi connectivity index (χ1v) is 7.36. The fraction of sp³-hybridized carbons (Fsp3) is 0.929. The first-order chi connectivity index (χ1) is 8.33. The Morgan fingerprint density at radius 3 is 2.41 bits per heavy atom. The second-order valence-corrected chi connectivity index (χ2v) is 5.43. The summed E-state index contributed by atoms with van der Waals surface area (Å²) in [4.78, 5) is 14.4. The summed E-state index contributed by atoms with van der Waals surface area (Å²) in [6.07, 6.45) is 10.2. The molecule has 1 aliphatic heterocycles. The summed E-state index contributed by atoms with van der Waals surface area (Å²) in [6, 6.07) is 0.636. The number of hydrogen-bond donors (Lipinski definition) is 1. The van der Waals surface area contributed by atoms with Crippen LogP contribution in [0.3, 0.4) is 0 Å². The number of likely N-dealkylation sites (tertiary alicyclic amines) is 1. The molecule has 1 unspecified atom stereocenters. The van der Waals surface area contributed by atoms with E-state index in [1.807, 2.05) is 0 Å². The van der Waals surface area contributed by atoms with Gasteiger partial charge in [0.2, 0.25) is 5.91 Å². The van der Waals surface area contributed by atoms with E-state index >= 15 is 0 Å². The molecule has 0 bridgehead atoms. The molecule has 0 spiro atoms. The summed E-state index contributed by atoms with van der Waals surface area (Å²) in [5, 5.41) is 3.30. The maximum atomic E-state index is 12.3. The quantitative estimate of drug-likeness (QED) is 0.818. The van der Waals surface area contributed by atoms with Gasteiger partial charge in [0.05, 0.1) is 6.04 Å². The van der Waals surface area contributed by atoms with Crippen molar-refractivity contribution in [1.29, 1.82) is 0 Å². The molecule has 1 saturated carbocycles. The van der Waals surface area contributed by atoms with Crippen LogP contribution in [-0.4, -0.2) is 36.0 Å². The lowest BCUT2D eigenvalue weighted by Crippen LogP contribution is -2.43. The molecule has 1 heterocycles. The lowest BCUT2D eigenvalue weighted by Gasteiger charge is -2.29. The number of amides is 1. The molecule has 1 amide bonds. The molecule has 17 heavy (non-hydrogen) atoms. The van der Waals surface area contributed by atoms with Crippen LogP contribution in [0.1, 0.15) is 58.3 Å². The highest BCUT2D eigenvalue weighted by atomic mass is 16.2. The Labute approximate surface area is 105 Å². The van der Waals surface area contributed by atoms with Gasteiger partial charge in [0, 0.05) is 12.6 Å².